The Kier molecular flexibility index (Phi) is 7.00. The summed E-state index contributed by atoms with van der Waals surface area (Å²) in [5.41, 5.74) is 2.57. The number of methoxy groups -OCH3 is 1. The Labute approximate surface area is 119 Å². The van der Waals surface area contributed by atoms with E-state index in [-0.39, 0.29) is 5.91 Å². The van der Waals surface area contributed by atoms with E-state index >= 15 is 0 Å². The van der Waals surface area contributed by atoms with Gasteiger partial charge in [-0.05, 0) is 32.2 Å². The number of amides is 1. The van der Waals surface area contributed by atoms with Crippen LogP contribution < -0.4 is 16.0 Å². The van der Waals surface area contributed by atoms with E-state index in [1.807, 2.05) is 13.1 Å². The molecule has 0 aliphatic carbocycles. The zero-order valence-corrected chi connectivity index (χ0v) is 12.3. The first kappa shape index (κ1) is 16.4. The Morgan fingerprint density at radius 2 is 2.25 bits per heavy atom. The van der Waals surface area contributed by atoms with Crippen LogP contribution in [0.2, 0.25) is 0 Å². The van der Waals surface area contributed by atoms with Crippen molar-refractivity contribution >= 4 is 5.91 Å². The molecular weight excluding hydrogens is 258 g/mol. The molecule has 112 valence electrons. The minimum atomic E-state index is -0.332. The van der Waals surface area contributed by atoms with Gasteiger partial charge in [-0.2, -0.15) is 0 Å². The van der Waals surface area contributed by atoms with Crippen LogP contribution in [-0.4, -0.2) is 50.8 Å². The van der Waals surface area contributed by atoms with Crippen LogP contribution in [0.1, 0.15) is 17.3 Å². The van der Waals surface area contributed by atoms with Gasteiger partial charge in [0, 0.05) is 25.3 Å². The van der Waals surface area contributed by atoms with Crippen LogP contribution in [0.25, 0.3) is 0 Å². The Morgan fingerprint density at radius 1 is 1.50 bits per heavy atom. The van der Waals surface area contributed by atoms with Crippen molar-refractivity contribution in [2.45, 2.75) is 13.0 Å². The number of nitrogen functional groups attached to an aromatic ring is 1. The Morgan fingerprint density at radius 3 is 2.90 bits per heavy atom. The van der Waals surface area contributed by atoms with E-state index in [9.17, 15) is 4.79 Å². The minimum absolute atomic E-state index is 0.331. The summed E-state index contributed by atoms with van der Waals surface area (Å²) in [4.78, 5) is 13.5. The van der Waals surface area contributed by atoms with Gasteiger partial charge in [-0.25, -0.2) is 5.84 Å². The summed E-state index contributed by atoms with van der Waals surface area (Å²) < 4.78 is 10.7. The largest absolute Gasteiger partial charge is 0.492 e. The molecule has 0 radical (unpaired) electrons. The fraction of sp³-hybridized carbons (Fsp3) is 0.500. The molecule has 6 heteroatoms. The highest BCUT2D eigenvalue weighted by molar-refractivity contribution is 5.94. The van der Waals surface area contributed by atoms with Gasteiger partial charge in [0.2, 0.25) is 0 Å². The molecule has 1 amide bonds. The lowest BCUT2D eigenvalue weighted by molar-refractivity contribution is 0.0952. The number of hydrogen-bond donors (Lipinski definition) is 2. The molecule has 0 aliphatic heterocycles. The van der Waals surface area contributed by atoms with Gasteiger partial charge in [0.15, 0.2) is 0 Å². The van der Waals surface area contributed by atoms with E-state index in [1.165, 1.54) is 0 Å². The van der Waals surface area contributed by atoms with Crippen molar-refractivity contribution in [3.8, 4) is 5.75 Å². The quantitative estimate of drug-likeness (QED) is 0.415. The average molecular weight is 281 g/mol. The number of ether oxygens (including phenoxy) is 2. The summed E-state index contributed by atoms with van der Waals surface area (Å²) in [5, 5.41) is 0. The standard InChI is InChI=1S/C14H23N3O3/c1-11(10-19-3)17(2)7-8-20-13-6-4-5-12(9-13)14(18)16-15/h4-6,9,11H,7-8,10,15H2,1-3H3,(H,16,18). The second-order valence-corrected chi connectivity index (χ2v) is 4.63. The second kappa shape index (κ2) is 8.52. The molecule has 0 saturated heterocycles. The zero-order valence-electron chi connectivity index (χ0n) is 12.3. The van der Waals surface area contributed by atoms with E-state index in [1.54, 1.807) is 25.3 Å². The first-order chi connectivity index (χ1) is 9.58. The number of hydrazine groups is 1. The Hall–Kier alpha value is -1.63. The average Bonchev–Trinajstić information content (AvgIpc) is 2.46. The maximum atomic E-state index is 11.4. The Balaban J connectivity index is 2.44. The molecule has 6 nitrogen and oxygen atoms in total. The number of carbonyl (C=O) groups is 1. The zero-order chi connectivity index (χ0) is 15.0. The van der Waals surface area contributed by atoms with Crippen molar-refractivity contribution in [1.82, 2.24) is 10.3 Å². The predicted octanol–water partition coefficient (Wildman–Crippen LogP) is 0.636. The lowest BCUT2D eigenvalue weighted by Gasteiger charge is -2.23. The molecule has 3 N–H and O–H groups in total. The number of likely N-dealkylation sites (N-methyl/N-ethyl adjacent to an activating group) is 1. The SMILES string of the molecule is COCC(C)N(C)CCOc1cccc(C(=O)NN)c1. The monoisotopic (exact) mass is 281 g/mol. The van der Waals surface area contributed by atoms with Crippen molar-refractivity contribution in [3.05, 3.63) is 29.8 Å². The van der Waals surface area contributed by atoms with Gasteiger partial charge in [0.1, 0.15) is 12.4 Å². The molecule has 0 spiro atoms. The fourth-order valence-corrected chi connectivity index (χ4v) is 1.71. The van der Waals surface area contributed by atoms with Gasteiger partial charge >= 0.3 is 0 Å². The molecule has 20 heavy (non-hydrogen) atoms. The molecule has 1 unspecified atom stereocenters. The molecule has 0 heterocycles. The minimum Gasteiger partial charge on any atom is -0.492 e. The summed E-state index contributed by atoms with van der Waals surface area (Å²) in [6, 6.07) is 7.25. The third kappa shape index (κ3) is 5.16. The summed E-state index contributed by atoms with van der Waals surface area (Å²) in [6.07, 6.45) is 0. The molecule has 0 aromatic heterocycles. The van der Waals surface area contributed by atoms with Crippen LogP contribution in [0, 0.1) is 0 Å². The summed E-state index contributed by atoms with van der Waals surface area (Å²) in [7, 11) is 3.71. The van der Waals surface area contributed by atoms with Crippen molar-refractivity contribution in [2.75, 3.05) is 33.9 Å². The number of rotatable bonds is 8. The molecular formula is C14H23N3O3. The number of nitrogens with one attached hydrogen (secondary N) is 1. The van der Waals surface area contributed by atoms with E-state index < -0.39 is 0 Å². The van der Waals surface area contributed by atoms with Crippen molar-refractivity contribution in [3.63, 3.8) is 0 Å². The van der Waals surface area contributed by atoms with Crippen LogP contribution in [0.3, 0.4) is 0 Å². The molecule has 0 fully saturated rings. The Bertz CT molecular complexity index is 426. The molecule has 1 atom stereocenters. The van der Waals surface area contributed by atoms with Crippen molar-refractivity contribution < 1.29 is 14.3 Å². The summed E-state index contributed by atoms with van der Waals surface area (Å²) in [6.45, 7) is 4.09. The number of carbonyl (C=O) groups excluding carboxylic acids is 1. The lowest BCUT2D eigenvalue weighted by Crippen LogP contribution is -2.35. The predicted molar refractivity (Wildman–Crippen MR) is 77.6 cm³/mol. The maximum Gasteiger partial charge on any atom is 0.265 e. The fourth-order valence-electron chi connectivity index (χ4n) is 1.71. The first-order valence-electron chi connectivity index (χ1n) is 6.51. The second-order valence-electron chi connectivity index (χ2n) is 4.63. The van der Waals surface area contributed by atoms with Crippen LogP contribution in [0.15, 0.2) is 24.3 Å². The lowest BCUT2D eigenvalue weighted by atomic mass is 10.2. The molecule has 1 aromatic rings. The molecule has 1 aromatic carbocycles. The molecule has 0 saturated carbocycles. The number of hydrogen-bond acceptors (Lipinski definition) is 5. The highest BCUT2D eigenvalue weighted by atomic mass is 16.5. The smallest absolute Gasteiger partial charge is 0.265 e. The van der Waals surface area contributed by atoms with Crippen molar-refractivity contribution in [2.24, 2.45) is 5.84 Å². The number of nitrogens with two attached hydrogens (primary N) is 1. The number of nitrogens with zero attached hydrogens (tertiary/aromatic N) is 1. The van der Waals surface area contributed by atoms with E-state index in [0.29, 0.717) is 30.6 Å². The van der Waals surface area contributed by atoms with Crippen molar-refractivity contribution in [1.29, 1.82) is 0 Å². The molecule has 1 rings (SSSR count). The van der Waals surface area contributed by atoms with Gasteiger partial charge in [-0.1, -0.05) is 6.07 Å². The highest BCUT2D eigenvalue weighted by Crippen LogP contribution is 2.13. The summed E-state index contributed by atoms with van der Waals surface area (Å²) >= 11 is 0. The third-order valence-electron chi connectivity index (χ3n) is 3.10. The topological polar surface area (TPSA) is 76.8 Å². The van der Waals surface area contributed by atoms with Gasteiger partial charge in [0.05, 0.1) is 6.61 Å². The third-order valence-corrected chi connectivity index (χ3v) is 3.10. The van der Waals surface area contributed by atoms with Gasteiger partial charge in [0.25, 0.3) is 5.91 Å². The maximum absolute atomic E-state index is 11.4. The van der Waals surface area contributed by atoms with E-state index in [4.69, 9.17) is 15.3 Å². The number of benzene rings is 1. The molecule has 0 bridgehead atoms. The van der Waals surface area contributed by atoms with Gasteiger partial charge in [-0.3, -0.25) is 15.1 Å². The normalized spacial score (nSPS) is 12.2. The van der Waals surface area contributed by atoms with Crippen LogP contribution >= 0.6 is 0 Å². The van der Waals surface area contributed by atoms with Crippen LogP contribution in [0.4, 0.5) is 0 Å². The van der Waals surface area contributed by atoms with Crippen LogP contribution in [0.5, 0.6) is 5.75 Å². The highest BCUT2D eigenvalue weighted by Gasteiger charge is 2.09. The van der Waals surface area contributed by atoms with Gasteiger partial charge < -0.3 is 9.47 Å². The first-order valence-corrected chi connectivity index (χ1v) is 6.51. The summed E-state index contributed by atoms with van der Waals surface area (Å²) in [5.74, 6) is 5.42. The molecule has 0 aliphatic rings. The van der Waals surface area contributed by atoms with Gasteiger partial charge in [-0.15, -0.1) is 0 Å². The van der Waals surface area contributed by atoms with E-state index in [2.05, 4.69) is 17.2 Å². The van der Waals surface area contributed by atoms with Crippen LogP contribution in [-0.2, 0) is 4.74 Å². The van der Waals surface area contributed by atoms with E-state index in [0.717, 1.165) is 6.54 Å².